The zero-order chi connectivity index (χ0) is 27.8. The summed E-state index contributed by atoms with van der Waals surface area (Å²) >= 11 is 2.26. The van der Waals surface area contributed by atoms with E-state index in [0.717, 1.165) is 34.8 Å². The number of ether oxygens (including phenoxy) is 1. The Balaban J connectivity index is 1.35. The maximum absolute atomic E-state index is 12.6. The number of aliphatic hydroxyl groups excluding tert-OH is 3. The average Bonchev–Trinajstić information content (AvgIpc) is 3.76. The first kappa shape index (κ1) is 27.0. The fraction of sp³-hybridized carbons (Fsp3) is 0.423. The van der Waals surface area contributed by atoms with Gasteiger partial charge in [0, 0.05) is 16.0 Å². The molecule has 1 aromatic carbocycles. The van der Waals surface area contributed by atoms with E-state index in [0.29, 0.717) is 29.2 Å². The number of aliphatic hydroxyl groups is 3. The molecule has 5 N–H and O–H groups in total. The number of rotatable bonds is 8. The van der Waals surface area contributed by atoms with Crippen LogP contribution in [-0.4, -0.2) is 75.4 Å². The van der Waals surface area contributed by atoms with Gasteiger partial charge in [-0.15, -0.1) is 0 Å². The Bertz CT molecular complexity index is 1520. The Hall–Kier alpha value is -3.18. The Kier molecular flexibility index (Phi) is 7.67. The molecule has 210 valence electrons. The van der Waals surface area contributed by atoms with E-state index in [2.05, 4.69) is 59.3 Å². The van der Waals surface area contributed by atoms with Crippen LogP contribution in [0.1, 0.15) is 37.5 Å². The predicted octanol–water partition coefficient (Wildman–Crippen LogP) is 1.97. The van der Waals surface area contributed by atoms with Crippen molar-refractivity contribution in [1.82, 2.24) is 29.3 Å². The average molecular weight is 660 g/mol. The highest BCUT2D eigenvalue weighted by Gasteiger charge is 2.44. The molecule has 0 unspecified atom stereocenters. The van der Waals surface area contributed by atoms with E-state index >= 15 is 0 Å². The van der Waals surface area contributed by atoms with Crippen molar-refractivity contribution >= 4 is 51.2 Å². The fourth-order valence-corrected chi connectivity index (χ4v) is 5.80. The van der Waals surface area contributed by atoms with E-state index in [4.69, 9.17) is 4.74 Å². The number of hydrogen-bond donors (Lipinski definition) is 5. The van der Waals surface area contributed by atoms with Gasteiger partial charge in [-0.25, -0.2) is 9.67 Å². The molecule has 3 aromatic heterocycles. The minimum Gasteiger partial charge on any atom is -0.394 e. The van der Waals surface area contributed by atoms with Gasteiger partial charge in [-0.2, -0.15) is 15.1 Å². The largest absolute Gasteiger partial charge is 0.394 e. The van der Waals surface area contributed by atoms with Crippen molar-refractivity contribution < 1.29 is 24.9 Å². The number of imidazole rings is 1. The van der Waals surface area contributed by atoms with Crippen molar-refractivity contribution in [3.8, 4) is 5.95 Å². The molecule has 14 heteroatoms. The number of fused-ring (bicyclic) bond motifs is 1. The third kappa shape index (κ3) is 5.28. The van der Waals surface area contributed by atoms with E-state index in [1.54, 1.807) is 12.4 Å². The summed E-state index contributed by atoms with van der Waals surface area (Å²) < 4.78 is 9.79. The van der Waals surface area contributed by atoms with Gasteiger partial charge in [-0.3, -0.25) is 9.36 Å². The number of nitrogens with one attached hydrogen (secondary N) is 2. The topological polar surface area (TPSA) is 172 Å². The molecule has 6 rings (SSSR count). The number of nitrogens with zero attached hydrogens (tertiary/aromatic N) is 6. The van der Waals surface area contributed by atoms with Gasteiger partial charge in [0.15, 0.2) is 23.2 Å². The summed E-state index contributed by atoms with van der Waals surface area (Å²) in [6.07, 6.45) is 3.99. The van der Waals surface area contributed by atoms with Crippen molar-refractivity contribution in [2.45, 2.75) is 56.8 Å². The van der Waals surface area contributed by atoms with Crippen LogP contribution >= 0.6 is 22.6 Å². The zero-order valence-corrected chi connectivity index (χ0v) is 23.5. The second kappa shape index (κ2) is 11.4. The standard InChI is InChI=1S/C26H29IN8O5/c27-16-7-3-4-14(8-16)9-28-22-19-23(34(13-29-19)25-21(38)20(37)18(12-36)40-25)33-26(32-22)35-11-17(10-30-35)31-24(39)15-5-1-2-6-15/h3-4,7-8,10-11,13,15,18,20-21,25,36-38H,1-2,5-6,9,12H2,(H,31,39)(H,28,32,33)/t18-,20-,21-,25-/m1/s1. The summed E-state index contributed by atoms with van der Waals surface area (Å²) in [5.74, 6) is 0.623. The minimum atomic E-state index is -1.31. The van der Waals surface area contributed by atoms with Crippen LogP contribution in [0.25, 0.3) is 17.1 Å². The lowest BCUT2D eigenvalue weighted by atomic mass is 10.1. The molecule has 4 aromatic rings. The van der Waals surface area contributed by atoms with Gasteiger partial charge in [-0.1, -0.05) is 25.0 Å². The first-order valence-corrected chi connectivity index (χ1v) is 14.2. The summed E-state index contributed by atoms with van der Waals surface area (Å²) in [6, 6.07) is 8.03. The van der Waals surface area contributed by atoms with E-state index < -0.39 is 31.1 Å². The maximum Gasteiger partial charge on any atom is 0.254 e. The Morgan fingerprint density at radius 1 is 1.18 bits per heavy atom. The van der Waals surface area contributed by atoms with E-state index in [1.165, 1.54) is 15.6 Å². The number of amides is 1. The monoisotopic (exact) mass is 660 g/mol. The fourth-order valence-electron chi connectivity index (χ4n) is 5.19. The maximum atomic E-state index is 12.6. The van der Waals surface area contributed by atoms with Gasteiger partial charge < -0.3 is 30.7 Å². The molecule has 1 saturated heterocycles. The molecule has 2 fully saturated rings. The van der Waals surface area contributed by atoms with E-state index in [-0.39, 0.29) is 17.8 Å². The van der Waals surface area contributed by atoms with Crippen molar-refractivity contribution in [3.63, 3.8) is 0 Å². The second-order valence-electron chi connectivity index (χ2n) is 10.1. The molecule has 1 aliphatic carbocycles. The molecule has 0 spiro atoms. The molecule has 4 heterocycles. The van der Waals surface area contributed by atoms with Gasteiger partial charge in [-0.05, 0) is 53.1 Å². The number of benzene rings is 1. The molecule has 0 radical (unpaired) electrons. The molecule has 1 saturated carbocycles. The summed E-state index contributed by atoms with van der Waals surface area (Å²) in [7, 11) is 0. The van der Waals surface area contributed by atoms with E-state index in [1.807, 2.05) is 18.2 Å². The highest BCUT2D eigenvalue weighted by atomic mass is 127. The van der Waals surface area contributed by atoms with Crippen LogP contribution in [0.4, 0.5) is 11.5 Å². The molecule has 1 aliphatic heterocycles. The van der Waals surface area contributed by atoms with Crippen LogP contribution in [-0.2, 0) is 16.1 Å². The van der Waals surface area contributed by atoms with Crippen molar-refractivity contribution in [2.75, 3.05) is 17.2 Å². The van der Waals surface area contributed by atoms with Crippen LogP contribution < -0.4 is 10.6 Å². The lowest BCUT2D eigenvalue weighted by Gasteiger charge is -2.17. The number of aromatic nitrogens is 6. The lowest BCUT2D eigenvalue weighted by molar-refractivity contribution is -0.119. The molecular formula is C26H29IN8O5. The molecule has 4 atom stereocenters. The number of carbonyl (C=O) groups excluding carboxylic acids is 1. The van der Waals surface area contributed by atoms with Crippen LogP contribution in [0, 0.1) is 9.49 Å². The second-order valence-corrected chi connectivity index (χ2v) is 11.3. The summed E-state index contributed by atoms with van der Waals surface area (Å²) in [4.78, 5) is 26.4. The molecule has 2 aliphatic rings. The van der Waals surface area contributed by atoms with Crippen molar-refractivity contribution in [2.24, 2.45) is 5.92 Å². The van der Waals surface area contributed by atoms with Gasteiger partial charge >= 0.3 is 0 Å². The van der Waals surface area contributed by atoms with Crippen molar-refractivity contribution in [3.05, 3.63) is 52.1 Å². The third-order valence-corrected chi connectivity index (χ3v) is 8.00. The van der Waals surface area contributed by atoms with Crippen LogP contribution in [0.15, 0.2) is 43.0 Å². The number of carbonyl (C=O) groups is 1. The van der Waals surface area contributed by atoms with E-state index in [9.17, 15) is 20.1 Å². The Morgan fingerprint density at radius 2 is 2.00 bits per heavy atom. The zero-order valence-electron chi connectivity index (χ0n) is 21.4. The van der Waals surface area contributed by atoms with Gasteiger partial charge in [0.25, 0.3) is 5.95 Å². The van der Waals surface area contributed by atoms with Crippen molar-refractivity contribution in [1.29, 1.82) is 0 Å². The minimum absolute atomic E-state index is 0.0121. The number of hydrogen-bond acceptors (Lipinski definition) is 10. The third-order valence-electron chi connectivity index (χ3n) is 7.33. The number of halogens is 1. The molecule has 40 heavy (non-hydrogen) atoms. The van der Waals surface area contributed by atoms with Crippen LogP contribution in [0.3, 0.4) is 0 Å². The summed E-state index contributed by atoms with van der Waals surface area (Å²) in [5, 5.41) is 41.1. The quantitative estimate of drug-likeness (QED) is 0.176. The van der Waals surface area contributed by atoms with Crippen LogP contribution in [0.5, 0.6) is 0 Å². The molecule has 1 amide bonds. The smallest absolute Gasteiger partial charge is 0.254 e. The summed E-state index contributed by atoms with van der Waals surface area (Å²) in [5.41, 5.74) is 2.33. The highest BCUT2D eigenvalue weighted by molar-refractivity contribution is 14.1. The molecule has 13 nitrogen and oxygen atoms in total. The van der Waals surface area contributed by atoms with Crippen LogP contribution in [0.2, 0.25) is 0 Å². The number of anilines is 2. The van der Waals surface area contributed by atoms with Gasteiger partial charge in [0.1, 0.15) is 18.3 Å². The first-order valence-electron chi connectivity index (χ1n) is 13.1. The highest BCUT2D eigenvalue weighted by Crippen LogP contribution is 2.33. The van der Waals surface area contributed by atoms with Gasteiger partial charge in [0.05, 0.1) is 31.0 Å². The summed E-state index contributed by atoms with van der Waals surface area (Å²) in [6.45, 7) is 0.0117. The predicted molar refractivity (Wildman–Crippen MR) is 153 cm³/mol. The first-order chi connectivity index (χ1) is 19.4. The SMILES string of the molecule is O=C(Nc1cnn(-c2nc(NCc3cccc(I)c3)c3ncn([C@@H]4O[C@H](CO)[C@@H](O)[C@H]4O)c3n2)c1)C1CCCC1. The lowest BCUT2D eigenvalue weighted by Crippen LogP contribution is -2.33. The normalized spacial score (nSPS) is 23.2. The van der Waals surface area contributed by atoms with Gasteiger partial charge in [0.2, 0.25) is 5.91 Å². The molecular weight excluding hydrogens is 631 g/mol. The Labute approximate surface area is 242 Å². The molecule has 0 bridgehead atoms. The Morgan fingerprint density at radius 3 is 2.75 bits per heavy atom.